The van der Waals surface area contributed by atoms with Gasteiger partial charge in [0.15, 0.2) is 0 Å². The molecule has 4 rings (SSSR count). The van der Waals surface area contributed by atoms with E-state index in [9.17, 15) is 5.11 Å². The fraction of sp³-hybridized carbons (Fsp3) is 0.333. The second kappa shape index (κ2) is 4.78. The molecule has 1 fully saturated rings. The quantitative estimate of drug-likeness (QED) is 0.842. The highest BCUT2D eigenvalue weighted by Gasteiger charge is 2.43. The molecule has 0 aliphatic carbocycles. The van der Waals surface area contributed by atoms with Crippen molar-refractivity contribution in [3.8, 4) is 5.75 Å². The summed E-state index contributed by atoms with van der Waals surface area (Å²) in [5, 5.41) is 13.3. The molecule has 0 aromatic heterocycles. The van der Waals surface area contributed by atoms with Gasteiger partial charge in [-0.15, -0.1) is 0 Å². The van der Waals surface area contributed by atoms with E-state index in [4.69, 9.17) is 0 Å². The summed E-state index contributed by atoms with van der Waals surface area (Å²) in [5.74, 6) is 0.330. The van der Waals surface area contributed by atoms with Crippen molar-refractivity contribution < 1.29 is 5.11 Å². The zero-order chi connectivity index (χ0) is 14.3. The lowest BCUT2D eigenvalue weighted by atomic mass is 9.75. The van der Waals surface area contributed by atoms with E-state index in [2.05, 4.69) is 40.5 Å². The van der Waals surface area contributed by atoms with Crippen molar-refractivity contribution in [1.29, 1.82) is 0 Å². The highest BCUT2D eigenvalue weighted by atomic mass is 16.3. The largest absolute Gasteiger partial charge is 0.508 e. The molecule has 3 heteroatoms. The van der Waals surface area contributed by atoms with Crippen LogP contribution in [0.2, 0.25) is 0 Å². The van der Waals surface area contributed by atoms with Crippen molar-refractivity contribution >= 4 is 11.4 Å². The van der Waals surface area contributed by atoms with Crippen molar-refractivity contribution in [3.63, 3.8) is 0 Å². The molecule has 2 aromatic carbocycles. The molecular weight excluding hydrogens is 260 g/mol. The number of hydrogen-bond acceptors (Lipinski definition) is 3. The van der Waals surface area contributed by atoms with Crippen molar-refractivity contribution in [2.75, 3.05) is 24.5 Å². The monoisotopic (exact) mass is 280 g/mol. The first-order chi connectivity index (χ1) is 10.3. The molecule has 2 aromatic rings. The number of fused-ring (bicyclic) bond motifs is 2. The van der Waals surface area contributed by atoms with E-state index in [1.807, 2.05) is 12.1 Å². The fourth-order valence-electron chi connectivity index (χ4n) is 3.85. The van der Waals surface area contributed by atoms with E-state index in [0.717, 1.165) is 25.3 Å². The van der Waals surface area contributed by atoms with Crippen LogP contribution < -0.4 is 10.2 Å². The molecule has 0 saturated carbocycles. The predicted molar refractivity (Wildman–Crippen MR) is 85.3 cm³/mol. The Bertz CT molecular complexity index is 662. The molecule has 0 bridgehead atoms. The van der Waals surface area contributed by atoms with Gasteiger partial charge in [0, 0.05) is 29.4 Å². The first-order valence-electron chi connectivity index (χ1n) is 7.65. The molecule has 0 unspecified atom stereocenters. The summed E-state index contributed by atoms with van der Waals surface area (Å²) >= 11 is 0. The van der Waals surface area contributed by atoms with Gasteiger partial charge in [0.2, 0.25) is 0 Å². The van der Waals surface area contributed by atoms with Crippen LogP contribution in [-0.2, 0) is 5.41 Å². The van der Waals surface area contributed by atoms with Gasteiger partial charge >= 0.3 is 0 Å². The zero-order valence-electron chi connectivity index (χ0n) is 12.0. The molecule has 0 atom stereocenters. The summed E-state index contributed by atoms with van der Waals surface area (Å²) < 4.78 is 0. The van der Waals surface area contributed by atoms with Crippen LogP contribution in [0.4, 0.5) is 11.4 Å². The summed E-state index contributed by atoms with van der Waals surface area (Å²) in [4.78, 5) is 2.36. The molecule has 108 valence electrons. The molecule has 2 aliphatic rings. The van der Waals surface area contributed by atoms with Crippen molar-refractivity contribution in [2.24, 2.45) is 0 Å². The molecule has 2 heterocycles. The number of phenolic OH excluding ortho intramolecular Hbond substituents is 1. The smallest absolute Gasteiger partial charge is 0.117 e. The van der Waals surface area contributed by atoms with Crippen LogP contribution in [0.25, 0.3) is 0 Å². The summed E-state index contributed by atoms with van der Waals surface area (Å²) in [5.41, 5.74) is 4.10. The number of benzene rings is 2. The minimum Gasteiger partial charge on any atom is -0.508 e. The number of nitrogens with one attached hydrogen (secondary N) is 1. The Morgan fingerprint density at radius 3 is 2.62 bits per heavy atom. The Balaban J connectivity index is 1.81. The number of anilines is 2. The van der Waals surface area contributed by atoms with E-state index in [1.165, 1.54) is 24.1 Å². The average Bonchev–Trinajstić information content (AvgIpc) is 2.83. The minimum absolute atomic E-state index is 0.257. The van der Waals surface area contributed by atoms with Crippen molar-refractivity contribution in [2.45, 2.75) is 18.3 Å². The molecule has 2 aliphatic heterocycles. The van der Waals surface area contributed by atoms with E-state index < -0.39 is 0 Å². The predicted octanol–water partition coefficient (Wildman–Crippen LogP) is 3.17. The summed E-state index contributed by atoms with van der Waals surface area (Å²) in [6.45, 7) is 3.18. The average molecular weight is 280 g/mol. The summed E-state index contributed by atoms with van der Waals surface area (Å²) in [6, 6.07) is 16.3. The third-order valence-electron chi connectivity index (χ3n) is 4.93. The van der Waals surface area contributed by atoms with Crippen LogP contribution in [0.15, 0.2) is 48.5 Å². The third kappa shape index (κ3) is 2.00. The van der Waals surface area contributed by atoms with Gasteiger partial charge in [-0.1, -0.05) is 24.3 Å². The number of para-hydroxylation sites is 1. The summed E-state index contributed by atoms with van der Waals surface area (Å²) in [7, 11) is 0. The Kier molecular flexibility index (Phi) is 2.89. The molecule has 1 spiro atoms. The van der Waals surface area contributed by atoms with E-state index >= 15 is 0 Å². The molecule has 0 radical (unpaired) electrons. The number of phenols is 1. The highest BCUT2D eigenvalue weighted by Crippen LogP contribution is 2.48. The standard InChI is InChI=1S/C18H20N2O/c21-15-5-3-4-14(12-15)20-13-18(8-10-19-11-9-18)16-6-1-2-7-17(16)20/h1-7,12,19,21H,8-11,13H2. The topological polar surface area (TPSA) is 35.5 Å². The third-order valence-corrected chi connectivity index (χ3v) is 4.93. The lowest BCUT2D eigenvalue weighted by molar-refractivity contribution is 0.329. The van der Waals surface area contributed by atoms with E-state index in [1.54, 1.807) is 6.07 Å². The van der Waals surface area contributed by atoms with Gasteiger partial charge < -0.3 is 15.3 Å². The van der Waals surface area contributed by atoms with Crippen LogP contribution in [0, 0.1) is 0 Å². The Morgan fingerprint density at radius 1 is 1.00 bits per heavy atom. The lowest BCUT2D eigenvalue weighted by Gasteiger charge is -2.35. The molecule has 1 saturated heterocycles. The van der Waals surface area contributed by atoms with Gasteiger partial charge in [-0.3, -0.25) is 0 Å². The number of piperidine rings is 1. The Labute approximate surface area is 125 Å². The first-order valence-corrected chi connectivity index (χ1v) is 7.65. The van der Waals surface area contributed by atoms with Crippen LogP contribution in [0.3, 0.4) is 0 Å². The van der Waals surface area contributed by atoms with E-state index in [0.29, 0.717) is 5.75 Å². The van der Waals surface area contributed by atoms with Gasteiger partial charge in [-0.05, 0) is 49.7 Å². The lowest BCUT2D eigenvalue weighted by Crippen LogP contribution is -2.42. The van der Waals surface area contributed by atoms with Gasteiger partial charge in [0.1, 0.15) is 5.75 Å². The first kappa shape index (κ1) is 12.7. The van der Waals surface area contributed by atoms with E-state index in [-0.39, 0.29) is 5.41 Å². The second-order valence-corrected chi connectivity index (χ2v) is 6.15. The van der Waals surface area contributed by atoms with Crippen LogP contribution in [-0.4, -0.2) is 24.7 Å². The molecule has 3 nitrogen and oxygen atoms in total. The Hall–Kier alpha value is -2.00. The minimum atomic E-state index is 0.257. The van der Waals surface area contributed by atoms with Crippen molar-refractivity contribution in [1.82, 2.24) is 5.32 Å². The number of hydrogen-bond donors (Lipinski definition) is 2. The maximum absolute atomic E-state index is 9.79. The normalized spacial score (nSPS) is 19.7. The van der Waals surface area contributed by atoms with Crippen LogP contribution >= 0.6 is 0 Å². The SMILES string of the molecule is Oc1cccc(N2CC3(CCNCC3)c3ccccc32)c1. The van der Waals surface area contributed by atoms with Crippen LogP contribution in [0.5, 0.6) is 5.75 Å². The number of rotatable bonds is 1. The Morgan fingerprint density at radius 2 is 1.81 bits per heavy atom. The number of nitrogens with zero attached hydrogens (tertiary/aromatic N) is 1. The fourth-order valence-corrected chi connectivity index (χ4v) is 3.85. The van der Waals surface area contributed by atoms with Crippen molar-refractivity contribution in [3.05, 3.63) is 54.1 Å². The van der Waals surface area contributed by atoms with Crippen LogP contribution in [0.1, 0.15) is 18.4 Å². The number of aromatic hydroxyl groups is 1. The van der Waals surface area contributed by atoms with Gasteiger partial charge in [-0.2, -0.15) is 0 Å². The zero-order valence-corrected chi connectivity index (χ0v) is 12.0. The highest BCUT2D eigenvalue weighted by molar-refractivity contribution is 5.73. The van der Waals surface area contributed by atoms with Gasteiger partial charge in [0.25, 0.3) is 0 Å². The molecule has 0 amide bonds. The maximum Gasteiger partial charge on any atom is 0.117 e. The molecule has 21 heavy (non-hydrogen) atoms. The van der Waals surface area contributed by atoms with Gasteiger partial charge in [-0.25, -0.2) is 0 Å². The second-order valence-electron chi connectivity index (χ2n) is 6.15. The molecular formula is C18H20N2O. The van der Waals surface area contributed by atoms with Gasteiger partial charge in [0.05, 0.1) is 0 Å². The summed E-state index contributed by atoms with van der Waals surface area (Å²) in [6.07, 6.45) is 2.36. The maximum atomic E-state index is 9.79. The molecule has 2 N–H and O–H groups in total.